The molecule has 0 aliphatic carbocycles. The van der Waals surface area contributed by atoms with Crippen LogP contribution >= 0.6 is 0 Å². The molecule has 0 spiro atoms. The first-order chi connectivity index (χ1) is 19.6. The summed E-state index contributed by atoms with van der Waals surface area (Å²) >= 11 is 0. The molecule has 3 atom stereocenters. The molecule has 2 heterocycles. The number of nitrogens with zero attached hydrogens (tertiary/aromatic N) is 4. The third-order valence-corrected chi connectivity index (χ3v) is 7.56. The van der Waals surface area contributed by atoms with Gasteiger partial charge in [0.15, 0.2) is 0 Å². The fraction of sp³-hybridized carbons (Fsp3) is 0.303. The summed E-state index contributed by atoms with van der Waals surface area (Å²) in [5.74, 6) is 0.0935. The van der Waals surface area contributed by atoms with Gasteiger partial charge in [0.25, 0.3) is 0 Å². The van der Waals surface area contributed by atoms with Gasteiger partial charge in [-0.1, -0.05) is 85.0 Å². The van der Waals surface area contributed by atoms with Crippen LogP contribution in [0.4, 0.5) is 11.4 Å². The Kier molecular flexibility index (Phi) is 8.84. The number of aliphatic hydroxyl groups excluding tert-OH is 1. The first-order valence-electron chi connectivity index (χ1n) is 13.8. The van der Waals surface area contributed by atoms with Crippen molar-refractivity contribution >= 4 is 17.3 Å². The molecule has 0 fully saturated rings. The highest BCUT2D eigenvalue weighted by Gasteiger charge is 2.26. The molecule has 206 valence electrons. The Morgan fingerprint density at radius 2 is 1.73 bits per heavy atom. The van der Waals surface area contributed by atoms with Crippen LogP contribution in [0.2, 0.25) is 0 Å². The first-order valence-corrected chi connectivity index (χ1v) is 13.8. The van der Waals surface area contributed by atoms with Gasteiger partial charge in [0.05, 0.1) is 30.0 Å². The number of aryl methyl sites for hydroxylation is 2. The lowest BCUT2D eigenvalue weighted by Crippen LogP contribution is -2.30. The average Bonchev–Trinajstić information content (AvgIpc) is 3.45. The van der Waals surface area contributed by atoms with E-state index in [-0.39, 0.29) is 30.5 Å². The number of ether oxygens (including phenoxy) is 1. The molecule has 0 saturated carbocycles. The Bertz CT molecular complexity index is 1430. The normalized spacial score (nSPS) is 15.7. The van der Waals surface area contributed by atoms with E-state index in [9.17, 15) is 9.90 Å². The van der Waals surface area contributed by atoms with E-state index in [1.165, 1.54) is 5.56 Å². The quantitative estimate of drug-likeness (QED) is 0.239. The number of aliphatic hydroxyl groups is 1. The summed E-state index contributed by atoms with van der Waals surface area (Å²) < 4.78 is 7.70. The first kappa shape index (κ1) is 27.5. The van der Waals surface area contributed by atoms with Gasteiger partial charge >= 0.3 is 0 Å². The maximum Gasteiger partial charge on any atom is 0.231 e. The average molecular weight is 537 g/mol. The molecule has 40 heavy (non-hydrogen) atoms. The number of para-hydroxylation sites is 1. The van der Waals surface area contributed by atoms with Crippen molar-refractivity contribution in [1.82, 2.24) is 15.0 Å². The van der Waals surface area contributed by atoms with Crippen LogP contribution in [0.15, 0.2) is 97.2 Å². The molecule has 7 nitrogen and oxygen atoms in total. The molecule has 7 heteroatoms. The molecule has 1 aliphatic heterocycles. The minimum absolute atomic E-state index is 0.0128. The Balaban J connectivity index is 1.19. The van der Waals surface area contributed by atoms with Crippen molar-refractivity contribution in [2.24, 2.45) is 5.92 Å². The third-order valence-electron chi connectivity index (χ3n) is 7.56. The van der Waals surface area contributed by atoms with Crippen LogP contribution in [0.3, 0.4) is 0 Å². The van der Waals surface area contributed by atoms with Crippen LogP contribution in [0.25, 0.3) is 0 Å². The van der Waals surface area contributed by atoms with E-state index in [0.717, 1.165) is 41.0 Å². The van der Waals surface area contributed by atoms with Gasteiger partial charge in [-0.15, -0.1) is 5.10 Å². The van der Waals surface area contributed by atoms with E-state index in [0.29, 0.717) is 13.0 Å². The molecule has 4 aromatic rings. The number of anilines is 2. The van der Waals surface area contributed by atoms with E-state index in [1.54, 1.807) is 7.11 Å². The Morgan fingerprint density at radius 3 is 2.48 bits per heavy atom. The molecule has 1 aliphatic rings. The third kappa shape index (κ3) is 6.06. The monoisotopic (exact) mass is 536 g/mol. The van der Waals surface area contributed by atoms with Crippen molar-refractivity contribution < 1.29 is 14.6 Å². The number of aromatic nitrogens is 3. The number of allylic oxidation sites excluding steroid dienone is 1. The Hall–Kier alpha value is -4.07. The number of fused-ring (bicyclic) bond motifs is 1. The molecular formula is C33H36N4O3. The number of hydrogen-bond donors (Lipinski definition) is 1. The predicted octanol–water partition coefficient (Wildman–Crippen LogP) is 5.98. The summed E-state index contributed by atoms with van der Waals surface area (Å²) in [5.41, 5.74) is 5.91. The van der Waals surface area contributed by atoms with Crippen LogP contribution in [0.1, 0.15) is 54.2 Å². The maximum absolute atomic E-state index is 12.8. The van der Waals surface area contributed by atoms with Gasteiger partial charge in [-0.05, 0) is 47.7 Å². The van der Waals surface area contributed by atoms with Gasteiger partial charge in [0.1, 0.15) is 0 Å². The number of hydrogen-bond acceptors (Lipinski definition) is 5. The molecule has 0 saturated heterocycles. The number of benzene rings is 3. The van der Waals surface area contributed by atoms with Gasteiger partial charge in [-0.2, -0.15) is 0 Å². The van der Waals surface area contributed by atoms with Crippen LogP contribution in [0, 0.1) is 5.92 Å². The number of carbonyl (C=O) groups is 1. The lowest BCUT2D eigenvalue weighted by molar-refractivity contribution is -0.118. The maximum atomic E-state index is 12.8. The smallest absolute Gasteiger partial charge is 0.231 e. The van der Waals surface area contributed by atoms with E-state index in [4.69, 9.17) is 4.74 Å². The summed E-state index contributed by atoms with van der Waals surface area (Å²) in [6.45, 7) is 2.82. The van der Waals surface area contributed by atoms with Crippen molar-refractivity contribution in [3.05, 3.63) is 120 Å². The van der Waals surface area contributed by atoms with E-state index < -0.39 is 0 Å². The zero-order valence-electron chi connectivity index (χ0n) is 23.1. The van der Waals surface area contributed by atoms with Crippen LogP contribution in [0.5, 0.6) is 0 Å². The van der Waals surface area contributed by atoms with E-state index in [2.05, 4.69) is 47.6 Å². The van der Waals surface area contributed by atoms with Gasteiger partial charge in [0, 0.05) is 37.9 Å². The van der Waals surface area contributed by atoms with Crippen molar-refractivity contribution in [3.8, 4) is 0 Å². The predicted molar refractivity (Wildman–Crippen MR) is 156 cm³/mol. The molecule has 1 N–H and O–H groups in total. The standard InChI is InChI=1S/C33H36N4O3/c1-24(10-8-9-21-36-22-30(34-35-36)29(23-38)25-11-4-3-5-12-25)33(40-2)27-15-18-28(19-16-27)37-31-14-7-6-13-26(31)17-20-32(37)39/h3-8,10-16,18-19,22,24,29,33,38H,9,17,20-21,23H2,1-2H3/b10-8+/t24-,29?,33+/m1/s1. The largest absolute Gasteiger partial charge is 0.395 e. The molecule has 0 radical (unpaired) electrons. The number of rotatable bonds is 11. The van der Waals surface area contributed by atoms with Crippen molar-refractivity contribution in [2.75, 3.05) is 18.6 Å². The zero-order chi connectivity index (χ0) is 27.9. The van der Waals surface area contributed by atoms with Crippen LogP contribution in [-0.2, 0) is 22.5 Å². The Labute approximate surface area is 235 Å². The molecule has 1 aromatic heterocycles. The fourth-order valence-electron chi connectivity index (χ4n) is 5.43. The van der Waals surface area contributed by atoms with Crippen LogP contribution in [-0.4, -0.2) is 39.7 Å². The summed E-state index contributed by atoms with van der Waals surface area (Å²) in [4.78, 5) is 14.6. The molecule has 1 unspecified atom stereocenters. The lowest BCUT2D eigenvalue weighted by Gasteiger charge is -2.30. The summed E-state index contributed by atoms with van der Waals surface area (Å²) in [6, 6.07) is 26.1. The number of methoxy groups -OCH3 is 1. The number of amides is 1. The van der Waals surface area contributed by atoms with Gasteiger partial charge in [-0.3, -0.25) is 14.4 Å². The minimum atomic E-state index is -0.179. The molecule has 1 amide bonds. The van der Waals surface area contributed by atoms with Gasteiger partial charge in [0.2, 0.25) is 5.91 Å². The highest BCUT2D eigenvalue weighted by molar-refractivity contribution is 6.03. The molecule has 3 aromatic carbocycles. The Morgan fingerprint density at radius 1 is 0.975 bits per heavy atom. The van der Waals surface area contributed by atoms with Crippen LogP contribution < -0.4 is 4.90 Å². The highest BCUT2D eigenvalue weighted by Crippen LogP contribution is 2.35. The van der Waals surface area contributed by atoms with Crippen molar-refractivity contribution in [2.45, 2.75) is 44.8 Å². The van der Waals surface area contributed by atoms with E-state index >= 15 is 0 Å². The second-order valence-electron chi connectivity index (χ2n) is 10.2. The summed E-state index contributed by atoms with van der Waals surface area (Å²) in [6.07, 6.45) is 8.23. The SMILES string of the molecule is CO[C@H](c1ccc(N2C(=O)CCc3ccccc32)cc1)[C@H](C)/C=C/CCn1cc(C(CO)c2ccccc2)nn1. The van der Waals surface area contributed by atoms with Crippen molar-refractivity contribution in [1.29, 1.82) is 0 Å². The summed E-state index contributed by atoms with van der Waals surface area (Å²) in [5, 5.41) is 18.5. The van der Waals surface area contributed by atoms with Gasteiger partial charge in [-0.25, -0.2) is 0 Å². The zero-order valence-corrected chi connectivity index (χ0v) is 23.1. The number of carbonyl (C=O) groups excluding carboxylic acids is 1. The topological polar surface area (TPSA) is 80.5 Å². The lowest BCUT2D eigenvalue weighted by atomic mass is 9.95. The van der Waals surface area contributed by atoms with E-state index in [1.807, 2.05) is 76.4 Å². The molecule has 0 bridgehead atoms. The minimum Gasteiger partial charge on any atom is -0.395 e. The second-order valence-corrected chi connectivity index (χ2v) is 10.2. The summed E-state index contributed by atoms with van der Waals surface area (Å²) in [7, 11) is 1.73. The molecule has 5 rings (SSSR count). The molecular weight excluding hydrogens is 500 g/mol. The van der Waals surface area contributed by atoms with Crippen molar-refractivity contribution in [3.63, 3.8) is 0 Å². The fourth-order valence-corrected chi connectivity index (χ4v) is 5.43. The highest BCUT2D eigenvalue weighted by atomic mass is 16.5. The second kappa shape index (κ2) is 12.9. The van der Waals surface area contributed by atoms with Gasteiger partial charge < -0.3 is 9.84 Å².